The van der Waals surface area contributed by atoms with E-state index < -0.39 is 43.0 Å². The molecule has 4 atom stereocenters. The molecular weight excluding hydrogens is 296 g/mol. The summed E-state index contributed by atoms with van der Waals surface area (Å²) in [6.45, 7) is 8.45. The highest BCUT2D eigenvalue weighted by Gasteiger charge is 2.38. The molecule has 0 aliphatic heterocycles. The predicted octanol–water partition coefficient (Wildman–Crippen LogP) is -1.12. The summed E-state index contributed by atoms with van der Waals surface area (Å²) in [5, 5.41) is 28.2. The molecule has 22 heavy (non-hydrogen) atoms. The summed E-state index contributed by atoms with van der Waals surface area (Å²) >= 11 is 0. The van der Waals surface area contributed by atoms with Gasteiger partial charge in [0.15, 0.2) is 18.5 Å². The normalized spacial score (nSPS) is 15.9. The average molecular weight is 316 g/mol. The molecule has 0 aromatic rings. The van der Waals surface area contributed by atoms with Gasteiger partial charge in [0.25, 0.3) is 0 Å². The largest absolute Gasteiger partial charge is 0.452 e. The number of carbonyl (C=O) groups is 3. The third-order valence-corrected chi connectivity index (χ3v) is 2.56. The number of aldehydes is 1. The molecule has 0 spiro atoms. The van der Waals surface area contributed by atoms with E-state index >= 15 is 0 Å². The second-order valence-corrected chi connectivity index (χ2v) is 4.68. The Balaban J connectivity index is 5.36. The zero-order valence-electron chi connectivity index (χ0n) is 12.4. The van der Waals surface area contributed by atoms with Gasteiger partial charge >= 0.3 is 11.9 Å². The van der Waals surface area contributed by atoms with Crippen LogP contribution in [0.25, 0.3) is 0 Å². The second-order valence-electron chi connectivity index (χ2n) is 4.68. The number of hydrogen-bond acceptors (Lipinski definition) is 8. The quantitative estimate of drug-likeness (QED) is 0.277. The maximum atomic E-state index is 11.6. The maximum absolute atomic E-state index is 11.6. The summed E-state index contributed by atoms with van der Waals surface area (Å²) in [4.78, 5) is 34.1. The molecule has 0 aliphatic carbocycles. The third-order valence-electron chi connectivity index (χ3n) is 2.56. The van der Waals surface area contributed by atoms with E-state index in [0.29, 0.717) is 0 Å². The lowest BCUT2D eigenvalue weighted by molar-refractivity contribution is -0.180. The first-order valence-electron chi connectivity index (χ1n) is 6.30. The van der Waals surface area contributed by atoms with Gasteiger partial charge in [-0.3, -0.25) is 4.79 Å². The molecule has 3 N–H and O–H groups in total. The van der Waals surface area contributed by atoms with Crippen molar-refractivity contribution in [2.75, 3.05) is 6.61 Å². The number of aliphatic hydroxyl groups is 3. The second kappa shape index (κ2) is 9.08. The molecule has 0 fully saturated rings. The first-order chi connectivity index (χ1) is 10.1. The van der Waals surface area contributed by atoms with Crippen LogP contribution in [0.15, 0.2) is 24.3 Å². The molecule has 0 saturated heterocycles. The lowest BCUT2D eigenvalue weighted by Gasteiger charge is -2.29. The van der Waals surface area contributed by atoms with Crippen LogP contribution in [-0.2, 0) is 23.9 Å². The van der Waals surface area contributed by atoms with Crippen LogP contribution in [-0.4, -0.2) is 64.6 Å². The summed E-state index contributed by atoms with van der Waals surface area (Å²) in [5.74, 6) is -1.91. The Hall–Kier alpha value is -2.03. The van der Waals surface area contributed by atoms with E-state index in [1.165, 1.54) is 13.8 Å². The molecule has 0 aliphatic rings. The van der Waals surface area contributed by atoms with Gasteiger partial charge < -0.3 is 24.8 Å². The van der Waals surface area contributed by atoms with E-state index in [1.54, 1.807) is 0 Å². The van der Waals surface area contributed by atoms with E-state index in [9.17, 15) is 24.6 Å². The van der Waals surface area contributed by atoms with Crippen LogP contribution in [0, 0.1) is 0 Å². The van der Waals surface area contributed by atoms with Crippen LogP contribution >= 0.6 is 0 Å². The van der Waals surface area contributed by atoms with E-state index in [1.807, 2.05) is 0 Å². The number of hydrogen-bond donors (Lipinski definition) is 3. The zero-order chi connectivity index (χ0) is 17.4. The molecule has 0 aromatic carbocycles. The summed E-state index contributed by atoms with van der Waals surface area (Å²) in [7, 11) is 0. The lowest BCUT2D eigenvalue weighted by atomic mass is 10.0. The number of esters is 2. The van der Waals surface area contributed by atoms with Crippen molar-refractivity contribution in [3.63, 3.8) is 0 Å². The van der Waals surface area contributed by atoms with E-state index in [2.05, 4.69) is 13.2 Å². The van der Waals surface area contributed by atoms with E-state index in [4.69, 9.17) is 14.6 Å². The molecule has 0 heterocycles. The fourth-order valence-electron chi connectivity index (χ4n) is 1.28. The molecular formula is C14H20O8. The van der Waals surface area contributed by atoms with Gasteiger partial charge in [0.1, 0.15) is 12.2 Å². The van der Waals surface area contributed by atoms with E-state index in [-0.39, 0.29) is 17.4 Å². The van der Waals surface area contributed by atoms with Crippen molar-refractivity contribution in [3.05, 3.63) is 24.3 Å². The van der Waals surface area contributed by atoms with E-state index in [0.717, 1.165) is 0 Å². The topological polar surface area (TPSA) is 130 Å². The van der Waals surface area contributed by atoms with Gasteiger partial charge in [-0.15, -0.1) is 0 Å². The van der Waals surface area contributed by atoms with Crippen LogP contribution in [0.1, 0.15) is 13.8 Å². The summed E-state index contributed by atoms with van der Waals surface area (Å²) in [6, 6.07) is 0. The minimum atomic E-state index is -1.86. The molecule has 0 radical (unpaired) electrons. The average Bonchev–Trinajstić information content (AvgIpc) is 2.48. The molecule has 8 nitrogen and oxygen atoms in total. The van der Waals surface area contributed by atoms with Crippen molar-refractivity contribution in [3.8, 4) is 0 Å². The fourth-order valence-corrected chi connectivity index (χ4v) is 1.28. The Kier molecular flexibility index (Phi) is 8.24. The summed E-state index contributed by atoms with van der Waals surface area (Å²) < 4.78 is 9.59. The van der Waals surface area contributed by atoms with Gasteiger partial charge in [-0.05, 0) is 13.8 Å². The molecule has 8 heteroatoms. The smallest absolute Gasteiger partial charge is 0.333 e. The van der Waals surface area contributed by atoms with Crippen molar-refractivity contribution in [2.45, 2.75) is 38.3 Å². The highest BCUT2D eigenvalue weighted by Crippen LogP contribution is 2.14. The van der Waals surface area contributed by atoms with Crippen LogP contribution in [0.2, 0.25) is 0 Å². The standard InChI is InChI=1S/C14H20O8/c1-7(2)13(19)21-10(6-16)12(11(18)9(17)5-15)22-14(20)8(3)4/h6,9-12,15,17-18H,1,3,5H2,2,4H3/t9-,10-,11-,12-/m1/s1. The Labute approximate surface area is 127 Å². The molecule has 0 amide bonds. The molecule has 0 bridgehead atoms. The minimum absolute atomic E-state index is 0.0194. The lowest BCUT2D eigenvalue weighted by Crippen LogP contribution is -2.50. The Morgan fingerprint density at radius 1 is 1.09 bits per heavy atom. The Morgan fingerprint density at radius 3 is 1.91 bits per heavy atom. The Bertz CT molecular complexity index is 456. The van der Waals surface area contributed by atoms with Crippen molar-refractivity contribution < 1.29 is 39.2 Å². The van der Waals surface area contributed by atoms with Crippen LogP contribution < -0.4 is 0 Å². The number of ether oxygens (including phenoxy) is 2. The highest BCUT2D eigenvalue weighted by atomic mass is 16.6. The third kappa shape index (κ3) is 5.76. The monoisotopic (exact) mass is 316 g/mol. The van der Waals surface area contributed by atoms with Gasteiger partial charge in [0.2, 0.25) is 0 Å². The fraction of sp³-hybridized carbons (Fsp3) is 0.500. The molecule has 0 aromatic heterocycles. The summed E-state index contributed by atoms with van der Waals surface area (Å²) in [5.41, 5.74) is -0.0550. The van der Waals surface area contributed by atoms with Gasteiger partial charge in [0.05, 0.1) is 6.61 Å². The summed E-state index contributed by atoms with van der Waals surface area (Å²) in [6.07, 6.45) is -6.85. The van der Waals surface area contributed by atoms with Crippen LogP contribution in [0.5, 0.6) is 0 Å². The first-order valence-corrected chi connectivity index (χ1v) is 6.30. The van der Waals surface area contributed by atoms with Crippen molar-refractivity contribution in [1.82, 2.24) is 0 Å². The maximum Gasteiger partial charge on any atom is 0.333 e. The minimum Gasteiger partial charge on any atom is -0.452 e. The van der Waals surface area contributed by atoms with Gasteiger partial charge in [0, 0.05) is 11.1 Å². The van der Waals surface area contributed by atoms with Crippen LogP contribution in [0.3, 0.4) is 0 Å². The van der Waals surface area contributed by atoms with Gasteiger partial charge in [-0.25, -0.2) is 9.59 Å². The molecule has 124 valence electrons. The SMILES string of the molecule is C=C(C)C(=O)O[C@@H]([C@H](O)[C@H](O)CO)[C@@H](C=O)OC(=O)C(=C)C. The zero-order valence-corrected chi connectivity index (χ0v) is 12.4. The molecule has 0 unspecified atom stereocenters. The number of aliphatic hydroxyl groups excluding tert-OH is 3. The van der Waals surface area contributed by atoms with Crippen molar-refractivity contribution in [2.24, 2.45) is 0 Å². The van der Waals surface area contributed by atoms with Crippen LogP contribution in [0.4, 0.5) is 0 Å². The molecule has 0 saturated carbocycles. The Morgan fingerprint density at radius 2 is 1.55 bits per heavy atom. The van der Waals surface area contributed by atoms with Crippen molar-refractivity contribution in [1.29, 1.82) is 0 Å². The number of rotatable bonds is 9. The number of carbonyl (C=O) groups excluding carboxylic acids is 3. The van der Waals surface area contributed by atoms with Gasteiger partial charge in [-0.1, -0.05) is 13.2 Å². The first kappa shape index (κ1) is 20.0. The predicted molar refractivity (Wildman–Crippen MR) is 74.6 cm³/mol. The van der Waals surface area contributed by atoms with Crippen molar-refractivity contribution >= 4 is 18.2 Å². The molecule has 0 rings (SSSR count). The van der Waals surface area contributed by atoms with Gasteiger partial charge in [-0.2, -0.15) is 0 Å². The highest BCUT2D eigenvalue weighted by molar-refractivity contribution is 5.89.